The summed E-state index contributed by atoms with van der Waals surface area (Å²) < 4.78 is 52.0. The zero-order valence-corrected chi connectivity index (χ0v) is 24.2. The molecule has 1 N–H and O–H groups in total. The van der Waals surface area contributed by atoms with Gasteiger partial charge in [0.15, 0.2) is 11.5 Å². The van der Waals surface area contributed by atoms with Crippen LogP contribution in [-0.2, 0) is 16.0 Å². The smallest absolute Gasteiger partial charge is 0.393 e. The minimum absolute atomic E-state index is 0.0321. The van der Waals surface area contributed by atoms with E-state index < -0.39 is 12.6 Å². The van der Waals surface area contributed by atoms with Gasteiger partial charge >= 0.3 is 6.18 Å². The van der Waals surface area contributed by atoms with Crippen molar-refractivity contribution in [3.63, 3.8) is 0 Å². The van der Waals surface area contributed by atoms with Crippen LogP contribution < -0.4 is 9.47 Å². The van der Waals surface area contributed by atoms with Crippen LogP contribution in [-0.4, -0.2) is 97.7 Å². The lowest BCUT2D eigenvalue weighted by Crippen LogP contribution is -2.52. The maximum Gasteiger partial charge on any atom is 0.393 e. The van der Waals surface area contributed by atoms with Crippen molar-refractivity contribution in [1.29, 1.82) is 0 Å². The summed E-state index contributed by atoms with van der Waals surface area (Å²) in [6.07, 6.45) is -3.80. The third-order valence-corrected chi connectivity index (χ3v) is 8.48. The summed E-state index contributed by atoms with van der Waals surface area (Å²) in [7, 11) is 3.01. The zero-order valence-electron chi connectivity index (χ0n) is 24.2. The molecule has 8 nitrogen and oxygen atoms in total. The summed E-state index contributed by atoms with van der Waals surface area (Å²) in [6, 6.07) is 10.9. The number of hydrogen-bond donors (Lipinski definition) is 1. The second-order valence-corrected chi connectivity index (χ2v) is 11.1. The number of methoxy groups -OCH3 is 2. The number of carbonyl (C=O) groups is 2. The molecule has 226 valence electrons. The molecule has 0 unspecified atom stereocenters. The number of aromatic nitrogens is 1. The van der Waals surface area contributed by atoms with E-state index in [1.807, 2.05) is 23.1 Å². The van der Waals surface area contributed by atoms with E-state index >= 15 is 0 Å². The molecule has 0 spiro atoms. The Labute approximate surface area is 243 Å². The fourth-order valence-electron chi connectivity index (χ4n) is 6.13. The van der Waals surface area contributed by atoms with Gasteiger partial charge in [-0.15, -0.1) is 0 Å². The van der Waals surface area contributed by atoms with Crippen molar-refractivity contribution in [2.75, 3.05) is 60.0 Å². The Morgan fingerprint density at radius 3 is 2.19 bits per heavy atom. The molecule has 42 heavy (non-hydrogen) atoms. The van der Waals surface area contributed by atoms with Gasteiger partial charge in [-0.3, -0.25) is 14.5 Å². The van der Waals surface area contributed by atoms with Crippen molar-refractivity contribution in [2.24, 2.45) is 0 Å². The zero-order chi connectivity index (χ0) is 30.0. The van der Waals surface area contributed by atoms with E-state index in [-0.39, 0.29) is 23.3 Å². The highest BCUT2D eigenvalue weighted by atomic mass is 19.4. The van der Waals surface area contributed by atoms with Crippen molar-refractivity contribution < 1.29 is 32.2 Å². The first-order valence-electron chi connectivity index (χ1n) is 14.3. The molecule has 2 aromatic carbocycles. The monoisotopic (exact) mass is 586 g/mol. The predicted octanol–water partition coefficient (Wildman–Crippen LogP) is 4.83. The lowest BCUT2D eigenvalue weighted by atomic mass is 9.88. The summed E-state index contributed by atoms with van der Waals surface area (Å²) in [5.41, 5.74) is 2.87. The fraction of sp³-hybridized carbons (Fsp3) is 0.484. The largest absolute Gasteiger partial charge is 0.493 e. The fourth-order valence-corrected chi connectivity index (χ4v) is 6.13. The molecule has 2 aliphatic rings. The van der Waals surface area contributed by atoms with Gasteiger partial charge < -0.3 is 24.3 Å². The molecule has 2 fully saturated rings. The van der Waals surface area contributed by atoms with Gasteiger partial charge in [-0.25, -0.2) is 0 Å². The van der Waals surface area contributed by atoms with E-state index in [1.165, 1.54) is 14.2 Å². The number of alkyl halides is 3. The van der Waals surface area contributed by atoms with E-state index in [2.05, 4.69) is 9.88 Å². The molecular formula is C31H37F3N4O4. The molecule has 5 rings (SSSR count). The number of rotatable bonds is 7. The van der Waals surface area contributed by atoms with Gasteiger partial charge in [0.2, 0.25) is 11.8 Å². The molecule has 0 atom stereocenters. The quantitative estimate of drug-likeness (QED) is 0.430. The number of piperidine rings is 1. The third-order valence-electron chi connectivity index (χ3n) is 8.48. The Hall–Kier alpha value is -3.73. The highest BCUT2D eigenvalue weighted by molar-refractivity contribution is 5.92. The molecule has 1 aromatic heterocycles. The molecular weight excluding hydrogens is 549 g/mol. The highest BCUT2D eigenvalue weighted by Crippen LogP contribution is 2.40. The highest BCUT2D eigenvalue weighted by Gasteiger charge is 2.32. The first-order chi connectivity index (χ1) is 20.1. The number of fused-ring (bicyclic) bond motifs is 1. The van der Waals surface area contributed by atoms with Crippen LogP contribution in [0, 0.1) is 0 Å². The lowest BCUT2D eigenvalue weighted by Gasteiger charge is -2.37. The molecule has 2 saturated heterocycles. The topological polar surface area (TPSA) is 78.1 Å². The minimum atomic E-state index is -4.38. The SMILES string of the molecule is COc1ccc(-c2[nH]c3ccc(C4CCN(CC(=O)N5CCN(C(C)=O)CC5)CC4)cc3c2CC(F)(F)F)cc1OC. The molecule has 0 bridgehead atoms. The number of ether oxygens (including phenoxy) is 2. The second-order valence-electron chi connectivity index (χ2n) is 11.1. The van der Waals surface area contributed by atoms with Crippen molar-refractivity contribution in [3.05, 3.63) is 47.5 Å². The Kier molecular flexibility index (Phi) is 8.68. The second kappa shape index (κ2) is 12.2. The summed E-state index contributed by atoms with van der Waals surface area (Å²) >= 11 is 0. The Balaban J connectivity index is 1.31. The van der Waals surface area contributed by atoms with Crippen LogP contribution in [0.5, 0.6) is 11.5 Å². The van der Waals surface area contributed by atoms with Crippen LogP contribution in [0.1, 0.15) is 36.8 Å². The Morgan fingerprint density at radius 2 is 1.57 bits per heavy atom. The molecule has 0 saturated carbocycles. The van der Waals surface area contributed by atoms with E-state index in [0.29, 0.717) is 66.4 Å². The maximum absolute atomic E-state index is 13.8. The van der Waals surface area contributed by atoms with Gasteiger partial charge in [0.25, 0.3) is 0 Å². The number of amides is 2. The number of nitrogens with zero attached hydrogens (tertiary/aromatic N) is 3. The third kappa shape index (κ3) is 6.51. The van der Waals surface area contributed by atoms with Gasteiger partial charge in [-0.1, -0.05) is 6.07 Å². The first-order valence-corrected chi connectivity index (χ1v) is 14.3. The molecule has 11 heteroatoms. The van der Waals surface area contributed by atoms with Crippen LogP contribution in [0.3, 0.4) is 0 Å². The number of hydrogen-bond acceptors (Lipinski definition) is 5. The van der Waals surface area contributed by atoms with E-state index in [1.54, 1.807) is 30.0 Å². The molecule has 2 aliphatic heterocycles. The van der Waals surface area contributed by atoms with Crippen molar-refractivity contribution in [3.8, 4) is 22.8 Å². The molecule has 3 aromatic rings. The van der Waals surface area contributed by atoms with Crippen LogP contribution in [0.2, 0.25) is 0 Å². The summed E-state index contributed by atoms with van der Waals surface area (Å²) in [5.74, 6) is 1.24. The number of H-pyrrole nitrogens is 1. The summed E-state index contributed by atoms with van der Waals surface area (Å²) in [5, 5.41) is 0.567. The first kappa shape index (κ1) is 29.8. The molecule has 0 radical (unpaired) electrons. The number of halogens is 3. The van der Waals surface area contributed by atoms with Gasteiger partial charge in [0.1, 0.15) is 0 Å². The minimum Gasteiger partial charge on any atom is -0.493 e. The van der Waals surface area contributed by atoms with Crippen molar-refractivity contribution >= 4 is 22.7 Å². The Bertz CT molecular complexity index is 1440. The number of carbonyl (C=O) groups excluding carboxylic acids is 2. The summed E-state index contributed by atoms with van der Waals surface area (Å²) in [4.78, 5) is 33.4. The molecule has 3 heterocycles. The maximum atomic E-state index is 13.8. The van der Waals surface area contributed by atoms with Crippen LogP contribution in [0.15, 0.2) is 36.4 Å². The van der Waals surface area contributed by atoms with E-state index in [4.69, 9.17) is 9.47 Å². The number of likely N-dealkylation sites (tertiary alicyclic amines) is 1. The van der Waals surface area contributed by atoms with Crippen LogP contribution in [0.4, 0.5) is 13.2 Å². The normalized spacial score (nSPS) is 17.1. The summed E-state index contributed by atoms with van der Waals surface area (Å²) in [6.45, 7) is 5.60. The average molecular weight is 587 g/mol. The van der Waals surface area contributed by atoms with Gasteiger partial charge in [0.05, 0.1) is 32.9 Å². The van der Waals surface area contributed by atoms with Gasteiger partial charge in [-0.2, -0.15) is 13.2 Å². The van der Waals surface area contributed by atoms with Crippen LogP contribution >= 0.6 is 0 Å². The van der Waals surface area contributed by atoms with Gasteiger partial charge in [-0.05, 0) is 73.3 Å². The molecule has 2 amide bonds. The number of nitrogens with one attached hydrogen (secondary N) is 1. The Morgan fingerprint density at radius 1 is 0.905 bits per heavy atom. The molecule has 0 aliphatic carbocycles. The predicted molar refractivity (Wildman–Crippen MR) is 154 cm³/mol. The van der Waals surface area contributed by atoms with Gasteiger partial charge in [0, 0.05) is 49.6 Å². The van der Waals surface area contributed by atoms with E-state index in [0.717, 1.165) is 31.5 Å². The lowest BCUT2D eigenvalue weighted by molar-refractivity contribution is -0.139. The van der Waals surface area contributed by atoms with Crippen molar-refractivity contribution in [1.82, 2.24) is 19.7 Å². The van der Waals surface area contributed by atoms with Crippen molar-refractivity contribution in [2.45, 2.75) is 38.3 Å². The number of benzene rings is 2. The van der Waals surface area contributed by atoms with E-state index in [9.17, 15) is 22.8 Å². The standard InChI is InChI=1S/C31H37F3N4O4/c1-20(39)37-12-14-38(15-13-37)29(40)19-36-10-8-21(9-11-36)22-4-6-26-24(16-22)25(18-31(32,33)34)30(35-26)23-5-7-27(41-2)28(17-23)42-3/h4-7,16-17,21,35H,8-15,18-19H2,1-3H3. The van der Waals surface area contributed by atoms with Crippen LogP contribution in [0.25, 0.3) is 22.2 Å². The number of piperazine rings is 1. The average Bonchev–Trinajstić information content (AvgIpc) is 3.33. The number of aromatic amines is 1.